The molecule has 0 saturated carbocycles. The Morgan fingerprint density at radius 3 is 2.42 bits per heavy atom. The van der Waals surface area contributed by atoms with E-state index in [-0.39, 0.29) is 5.41 Å². The van der Waals surface area contributed by atoms with Gasteiger partial charge in [0.15, 0.2) is 0 Å². The third-order valence-corrected chi connectivity index (χ3v) is 2.88. The Bertz CT molecular complexity index is 152. The molecule has 0 aromatic heterocycles. The van der Waals surface area contributed by atoms with Gasteiger partial charge >= 0.3 is 0 Å². The van der Waals surface area contributed by atoms with Crippen molar-refractivity contribution in [3.8, 4) is 0 Å². The average Bonchev–Trinajstić information content (AvgIpc) is 2.57. The van der Waals surface area contributed by atoms with Crippen LogP contribution in [0.15, 0.2) is 0 Å². The molecule has 2 nitrogen and oxygen atoms in total. The van der Waals surface area contributed by atoms with E-state index < -0.39 is 0 Å². The molecule has 0 aromatic carbocycles. The molecule has 0 spiro atoms. The highest BCUT2D eigenvalue weighted by Gasteiger charge is 2.25. The van der Waals surface area contributed by atoms with E-state index in [4.69, 9.17) is 0 Å². The molecule has 1 saturated heterocycles. The molecule has 1 atom stereocenters. The van der Waals surface area contributed by atoms with E-state index >= 15 is 0 Å². The van der Waals surface area contributed by atoms with Crippen LogP contribution in [0.2, 0.25) is 0 Å². The second kappa shape index (κ2) is 4.04. The zero-order valence-corrected chi connectivity index (χ0v) is 8.18. The van der Waals surface area contributed by atoms with Crippen LogP contribution in [0.1, 0.15) is 33.1 Å². The number of nitrogens with zero attached hydrogens (tertiary/aromatic N) is 1. The lowest BCUT2D eigenvalue weighted by Crippen LogP contribution is -2.34. The summed E-state index contributed by atoms with van der Waals surface area (Å²) in [7, 11) is 0. The second-order valence-electron chi connectivity index (χ2n) is 4.11. The highest BCUT2D eigenvalue weighted by atomic mass is 16.1. The summed E-state index contributed by atoms with van der Waals surface area (Å²) < 4.78 is 0. The molecule has 0 aromatic rings. The molecule has 70 valence electrons. The van der Waals surface area contributed by atoms with Crippen LogP contribution in [0, 0.1) is 5.41 Å². The minimum absolute atomic E-state index is 0.107. The topological polar surface area (TPSA) is 20.3 Å². The Balaban J connectivity index is 2.40. The van der Waals surface area contributed by atoms with E-state index in [9.17, 15) is 4.79 Å². The number of likely N-dealkylation sites (tertiary alicyclic amines) is 1. The first-order valence-electron chi connectivity index (χ1n) is 4.89. The predicted molar refractivity (Wildman–Crippen MR) is 50.1 cm³/mol. The van der Waals surface area contributed by atoms with Crippen LogP contribution in [-0.4, -0.2) is 30.8 Å². The van der Waals surface area contributed by atoms with Crippen LogP contribution in [0.25, 0.3) is 0 Å². The van der Waals surface area contributed by atoms with Crippen molar-refractivity contribution in [2.24, 2.45) is 5.41 Å². The number of carbonyl (C=O) groups is 1. The molecule has 0 aliphatic carbocycles. The van der Waals surface area contributed by atoms with Crippen LogP contribution in [0.3, 0.4) is 0 Å². The van der Waals surface area contributed by atoms with Crippen molar-refractivity contribution >= 4 is 6.29 Å². The first kappa shape index (κ1) is 9.72. The molecule has 1 heterocycles. The number of hydrogen-bond donors (Lipinski definition) is 0. The van der Waals surface area contributed by atoms with E-state index in [0.29, 0.717) is 0 Å². The van der Waals surface area contributed by atoms with E-state index in [1.54, 1.807) is 0 Å². The standard InChI is InChI=1S/C10H19NO/c1-3-10(2,9-12)8-11-6-4-5-7-11/h9H,3-8H2,1-2H3. The number of carbonyl (C=O) groups excluding carboxylic acids is 1. The lowest BCUT2D eigenvalue weighted by molar-refractivity contribution is -0.116. The third kappa shape index (κ3) is 2.31. The molecule has 0 N–H and O–H groups in total. The van der Waals surface area contributed by atoms with Crippen molar-refractivity contribution in [2.45, 2.75) is 33.1 Å². The normalized spacial score (nSPS) is 23.8. The van der Waals surface area contributed by atoms with E-state index in [2.05, 4.69) is 18.7 Å². The van der Waals surface area contributed by atoms with Crippen molar-refractivity contribution < 1.29 is 4.79 Å². The maximum absolute atomic E-state index is 10.8. The highest BCUT2D eigenvalue weighted by molar-refractivity contribution is 5.58. The fraction of sp³-hybridized carbons (Fsp3) is 0.900. The predicted octanol–water partition coefficient (Wildman–Crippen LogP) is 1.70. The number of hydrogen-bond acceptors (Lipinski definition) is 2. The molecular formula is C10H19NO. The van der Waals surface area contributed by atoms with E-state index in [1.807, 2.05) is 0 Å². The molecule has 1 aliphatic heterocycles. The van der Waals surface area contributed by atoms with Crippen molar-refractivity contribution in [3.05, 3.63) is 0 Å². The molecule has 1 fully saturated rings. The zero-order valence-electron chi connectivity index (χ0n) is 8.18. The Hall–Kier alpha value is -0.370. The zero-order chi connectivity index (χ0) is 9.03. The Kier molecular flexibility index (Phi) is 3.27. The first-order valence-corrected chi connectivity index (χ1v) is 4.89. The van der Waals surface area contributed by atoms with Gasteiger partial charge in [-0.25, -0.2) is 0 Å². The van der Waals surface area contributed by atoms with Gasteiger partial charge < -0.3 is 9.69 Å². The quantitative estimate of drug-likeness (QED) is 0.597. The summed E-state index contributed by atoms with van der Waals surface area (Å²) >= 11 is 0. The summed E-state index contributed by atoms with van der Waals surface area (Å²) in [5, 5.41) is 0. The molecule has 1 unspecified atom stereocenters. The minimum atomic E-state index is -0.107. The highest BCUT2D eigenvalue weighted by Crippen LogP contribution is 2.21. The van der Waals surface area contributed by atoms with Gasteiger partial charge in [0.2, 0.25) is 0 Å². The summed E-state index contributed by atoms with van der Waals surface area (Å²) in [6.45, 7) is 7.46. The summed E-state index contributed by atoms with van der Waals surface area (Å²) in [5.41, 5.74) is -0.107. The van der Waals surface area contributed by atoms with Crippen LogP contribution in [-0.2, 0) is 4.79 Å². The van der Waals surface area contributed by atoms with Gasteiger partial charge in [-0.15, -0.1) is 0 Å². The lowest BCUT2D eigenvalue weighted by Gasteiger charge is -2.27. The SMILES string of the molecule is CCC(C)(C=O)CN1CCCC1. The van der Waals surface area contributed by atoms with Gasteiger partial charge in [-0.05, 0) is 32.4 Å². The molecule has 12 heavy (non-hydrogen) atoms. The van der Waals surface area contributed by atoms with Gasteiger partial charge in [-0.3, -0.25) is 0 Å². The van der Waals surface area contributed by atoms with Gasteiger partial charge in [-0.1, -0.05) is 13.8 Å². The number of aldehydes is 1. The third-order valence-electron chi connectivity index (χ3n) is 2.88. The Morgan fingerprint density at radius 1 is 1.42 bits per heavy atom. The van der Waals surface area contributed by atoms with Crippen molar-refractivity contribution in [3.63, 3.8) is 0 Å². The Morgan fingerprint density at radius 2 is 2.00 bits per heavy atom. The van der Waals surface area contributed by atoms with Gasteiger partial charge in [0, 0.05) is 12.0 Å². The van der Waals surface area contributed by atoms with Crippen LogP contribution in [0.4, 0.5) is 0 Å². The average molecular weight is 169 g/mol. The molecule has 1 rings (SSSR count). The van der Waals surface area contributed by atoms with Gasteiger partial charge in [-0.2, -0.15) is 0 Å². The smallest absolute Gasteiger partial charge is 0.127 e. The largest absolute Gasteiger partial charge is 0.303 e. The van der Waals surface area contributed by atoms with Crippen molar-refractivity contribution in [1.82, 2.24) is 4.90 Å². The maximum Gasteiger partial charge on any atom is 0.127 e. The van der Waals surface area contributed by atoms with Crippen LogP contribution < -0.4 is 0 Å². The molecule has 0 bridgehead atoms. The molecular weight excluding hydrogens is 150 g/mol. The minimum Gasteiger partial charge on any atom is -0.303 e. The number of rotatable bonds is 4. The Labute approximate surface area is 74.9 Å². The van der Waals surface area contributed by atoms with Gasteiger partial charge in [0.25, 0.3) is 0 Å². The summed E-state index contributed by atoms with van der Waals surface area (Å²) in [4.78, 5) is 13.2. The summed E-state index contributed by atoms with van der Waals surface area (Å²) in [6, 6.07) is 0. The van der Waals surface area contributed by atoms with Gasteiger partial charge in [0.05, 0.1) is 0 Å². The molecule has 1 aliphatic rings. The molecule has 0 radical (unpaired) electrons. The van der Waals surface area contributed by atoms with E-state index in [0.717, 1.165) is 19.3 Å². The molecule has 0 amide bonds. The fourth-order valence-electron chi connectivity index (χ4n) is 1.68. The van der Waals surface area contributed by atoms with Crippen LogP contribution >= 0.6 is 0 Å². The van der Waals surface area contributed by atoms with Crippen molar-refractivity contribution in [2.75, 3.05) is 19.6 Å². The fourth-order valence-corrected chi connectivity index (χ4v) is 1.68. The second-order valence-corrected chi connectivity index (χ2v) is 4.11. The lowest BCUT2D eigenvalue weighted by atomic mass is 9.89. The summed E-state index contributed by atoms with van der Waals surface area (Å²) in [6.07, 6.45) is 4.68. The van der Waals surface area contributed by atoms with Gasteiger partial charge in [0.1, 0.15) is 6.29 Å². The monoisotopic (exact) mass is 169 g/mol. The summed E-state index contributed by atoms with van der Waals surface area (Å²) in [5.74, 6) is 0. The van der Waals surface area contributed by atoms with E-state index in [1.165, 1.54) is 25.9 Å². The maximum atomic E-state index is 10.8. The molecule has 2 heteroatoms. The van der Waals surface area contributed by atoms with Crippen LogP contribution in [0.5, 0.6) is 0 Å². The van der Waals surface area contributed by atoms with Crippen molar-refractivity contribution in [1.29, 1.82) is 0 Å². The first-order chi connectivity index (χ1) is 5.70.